The molecule has 3 rings (SSSR count). The van der Waals surface area contributed by atoms with Crippen molar-refractivity contribution < 1.29 is 4.79 Å². The minimum Gasteiger partial charge on any atom is -0.272 e. The molecule has 23 heavy (non-hydrogen) atoms. The van der Waals surface area contributed by atoms with Crippen molar-refractivity contribution in [2.24, 2.45) is 5.92 Å². The Hall–Kier alpha value is -1.27. The molecule has 0 radical (unpaired) electrons. The third-order valence-electron chi connectivity index (χ3n) is 3.89. The summed E-state index contributed by atoms with van der Waals surface area (Å²) in [6.07, 6.45) is 3.64. The third-order valence-corrected chi connectivity index (χ3v) is 5.97. The van der Waals surface area contributed by atoms with Gasteiger partial charge in [0.25, 0.3) is 5.91 Å². The van der Waals surface area contributed by atoms with Gasteiger partial charge < -0.3 is 0 Å². The van der Waals surface area contributed by atoms with Crippen LogP contribution in [0.2, 0.25) is 0 Å². The lowest BCUT2D eigenvalue weighted by Gasteiger charge is -2.33. The summed E-state index contributed by atoms with van der Waals surface area (Å²) in [6.45, 7) is 4.94. The molecule has 2 heterocycles. The third kappa shape index (κ3) is 3.48. The molecule has 1 unspecified atom stereocenters. The van der Waals surface area contributed by atoms with Crippen LogP contribution in [0, 0.1) is 5.92 Å². The van der Waals surface area contributed by atoms with Crippen LogP contribution in [0.5, 0.6) is 0 Å². The number of imidazole rings is 1. The minimum atomic E-state index is -0.113. The predicted molar refractivity (Wildman–Crippen MR) is 97.3 cm³/mol. The van der Waals surface area contributed by atoms with Gasteiger partial charge in [-0.05, 0) is 40.4 Å². The maximum atomic E-state index is 13.2. The van der Waals surface area contributed by atoms with Gasteiger partial charge in [-0.2, -0.15) is 0 Å². The average Bonchev–Trinajstić information content (AvgIpc) is 2.94. The quantitative estimate of drug-likeness (QED) is 0.739. The van der Waals surface area contributed by atoms with Crippen molar-refractivity contribution in [1.29, 1.82) is 0 Å². The lowest BCUT2D eigenvalue weighted by molar-refractivity contribution is -0.120. The van der Waals surface area contributed by atoms with Crippen molar-refractivity contribution in [3.05, 3.63) is 47.0 Å². The monoisotopic (exact) mass is 393 g/mol. The number of halogens is 1. The van der Waals surface area contributed by atoms with Crippen LogP contribution in [0.15, 0.2) is 46.0 Å². The van der Waals surface area contributed by atoms with Crippen LogP contribution in [-0.2, 0) is 11.2 Å². The van der Waals surface area contributed by atoms with Crippen LogP contribution >= 0.6 is 27.7 Å². The molecule has 4 nitrogen and oxygen atoms in total. The minimum absolute atomic E-state index is 0.113. The number of amides is 1. The van der Waals surface area contributed by atoms with E-state index in [9.17, 15) is 4.79 Å². The summed E-state index contributed by atoms with van der Waals surface area (Å²) in [5.41, 5.74) is 0. The standard InChI is InChI=1S/C17H20BrN3OS/c1-12(2)16(23-13-7-4-3-5-8-13)17(22)20-10-6-9-15-19-11-14(18)21(15)20/h3-5,7-8,11-12,16H,6,9-10H2,1-2H3. The first-order valence-electron chi connectivity index (χ1n) is 7.83. The van der Waals surface area contributed by atoms with Gasteiger partial charge in [0.15, 0.2) is 0 Å². The van der Waals surface area contributed by atoms with E-state index in [1.807, 2.05) is 27.9 Å². The second-order valence-electron chi connectivity index (χ2n) is 5.97. The van der Waals surface area contributed by atoms with Gasteiger partial charge in [-0.3, -0.25) is 4.79 Å². The molecule has 1 atom stereocenters. The van der Waals surface area contributed by atoms with E-state index in [-0.39, 0.29) is 17.1 Å². The zero-order valence-corrected chi connectivity index (χ0v) is 15.7. The molecule has 2 aromatic rings. The van der Waals surface area contributed by atoms with Crippen LogP contribution in [0.3, 0.4) is 0 Å². The molecule has 1 aliphatic heterocycles. The molecule has 1 aromatic carbocycles. The molecule has 1 amide bonds. The molecule has 1 aromatic heterocycles. The summed E-state index contributed by atoms with van der Waals surface area (Å²) >= 11 is 5.15. The van der Waals surface area contributed by atoms with E-state index in [0.29, 0.717) is 0 Å². The highest BCUT2D eigenvalue weighted by Gasteiger charge is 2.32. The first kappa shape index (κ1) is 16.6. The normalized spacial score (nSPS) is 15.6. The second-order valence-corrected chi connectivity index (χ2v) is 8.00. The highest BCUT2D eigenvalue weighted by atomic mass is 79.9. The Bertz CT molecular complexity index is 686. The van der Waals surface area contributed by atoms with E-state index in [1.165, 1.54) is 0 Å². The fourth-order valence-corrected chi connectivity index (χ4v) is 4.35. The number of hydrogen-bond acceptors (Lipinski definition) is 3. The molecule has 6 heteroatoms. The fraction of sp³-hybridized carbons (Fsp3) is 0.412. The maximum absolute atomic E-state index is 13.2. The molecule has 0 saturated carbocycles. The Kier molecular flexibility index (Phi) is 5.11. The van der Waals surface area contributed by atoms with Crippen molar-refractivity contribution in [3.63, 3.8) is 0 Å². The van der Waals surface area contributed by atoms with E-state index in [1.54, 1.807) is 18.0 Å². The number of benzene rings is 1. The molecule has 0 saturated heterocycles. The van der Waals surface area contributed by atoms with E-state index >= 15 is 0 Å². The van der Waals surface area contributed by atoms with Crippen molar-refractivity contribution in [1.82, 2.24) is 9.66 Å². The van der Waals surface area contributed by atoms with Gasteiger partial charge in [0.05, 0.1) is 11.4 Å². The number of carbonyl (C=O) groups excluding carboxylic acids is 1. The summed E-state index contributed by atoms with van der Waals surface area (Å²) in [4.78, 5) is 18.7. The topological polar surface area (TPSA) is 38.1 Å². The lowest BCUT2D eigenvalue weighted by atomic mass is 10.1. The first-order valence-corrected chi connectivity index (χ1v) is 9.50. The van der Waals surface area contributed by atoms with E-state index in [4.69, 9.17) is 0 Å². The smallest absolute Gasteiger partial charge is 0.255 e. The zero-order chi connectivity index (χ0) is 16.4. The van der Waals surface area contributed by atoms with Crippen LogP contribution in [0.25, 0.3) is 0 Å². The molecular formula is C17H20BrN3OS. The molecule has 0 N–H and O–H groups in total. The van der Waals surface area contributed by atoms with Gasteiger partial charge in [0.1, 0.15) is 10.4 Å². The molecule has 0 bridgehead atoms. The summed E-state index contributed by atoms with van der Waals surface area (Å²) in [5, 5.41) is 1.73. The summed E-state index contributed by atoms with van der Waals surface area (Å²) in [6, 6.07) is 10.1. The van der Waals surface area contributed by atoms with Crippen LogP contribution < -0.4 is 5.01 Å². The first-order chi connectivity index (χ1) is 11.1. The Labute approximate surface area is 149 Å². The molecule has 1 aliphatic rings. The number of nitrogens with zero attached hydrogens (tertiary/aromatic N) is 3. The molecule has 0 fully saturated rings. The van der Waals surface area contributed by atoms with Crippen LogP contribution in [-0.4, -0.2) is 27.4 Å². The number of aryl methyl sites for hydroxylation is 1. The Morgan fingerprint density at radius 2 is 2.04 bits per heavy atom. The van der Waals surface area contributed by atoms with Crippen LogP contribution in [0.1, 0.15) is 26.1 Å². The Balaban J connectivity index is 1.86. The number of rotatable bonds is 4. The Morgan fingerprint density at radius 3 is 2.74 bits per heavy atom. The number of fused-ring (bicyclic) bond motifs is 1. The second kappa shape index (κ2) is 7.09. The lowest BCUT2D eigenvalue weighted by Crippen LogP contribution is -2.50. The number of hydrogen-bond donors (Lipinski definition) is 0. The number of carbonyl (C=O) groups is 1. The molecule has 0 spiro atoms. The van der Waals surface area contributed by atoms with Gasteiger partial charge in [-0.15, -0.1) is 11.8 Å². The van der Waals surface area contributed by atoms with Crippen molar-refractivity contribution in [3.8, 4) is 0 Å². The van der Waals surface area contributed by atoms with E-state index in [0.717, 1.165) is 34.7 Å². The van der Waals surface area contributed by atoms with Gasteiger partial charge in [0.2, 0.25) is 0 Å². The van der Waals surface area contributed by atoms with Crippen molar-refractivity contribution >= 4 is 33.6 Å². The maximum Gasteiger partial charge on any atom is 0.255 e. The molecule has 122 valence electrons. The van der Waals surface area contributed by atoms with Gasteiger partial charge in [-0.25, -0.2) is 14.7 Å². The van der Waals surface area contributed by atoms with Gasteiger partial charge in [-0.1, -0.05) is 32.0 Å². The zero-order valence-electron chi connectivity index (χ0n) is 13.3. The average molecular weight is 394 g/mol. The van der Waals surface area contributed by atoms with Crippen molar-refractivity contribution in [2.75, 3.05) is 11.6 Å². The van der Waals surface area contributed by atoms with E-state index < -0.39 is 0 Å². The Morgan fingerprint density at radius 1 is 1.30 bits per heavy atom. The van der Waals surface area contributed by atoms with Crippen LogP contribution in [0.4, 0.5) is 0 Å². The van der Waals surface area contributed by atoms with E-state index in [2.05, 4.69) is 46.9 Å². The van der Waals surface area contributed by atoms with Crippen molar-refractivity contribution in [2.45, 2.75) is 36.8 Å². The number of aromatic nitrogens is 2. The highest BCUT2D eigenvalue weighted by Crippen LogP contribution is 2.30. The predicted octanol–water partition coefficient (Wildman–Crippen LogP) is 3.87. The summed E-state index contributed by atoms with van der Waals surface area (Å²) in [7, 11) is 0. The largest absolute Gasteiger partial charge is 0.272 e. The van der Waals surface area contributed by atoms with Gasteiger partial charge >= 0.3 is 0 Å². The summed E-state index contributed by atoms with van der Waals surface area (Å²) in [5.74, 6) is 1.34. The highest BCUT2D eigenvalue weighted by molar-refractivity contribution is 9.10. The molecule has 0 aliphatic carbocycles. The summed E-state index contributed by atoms with van der Waals surface area (Å²) < 4.78 is 2.76. The van der Waals surface area contributed by atoms with Gasteiger partial charge in [0, 0.05) is 17.9 Å². The fourth-order valence-electron chi connectivity index (χ4n) is 2.75. The SMILES string of the molecule is CC(C)C(Sc1ccccc1)C(=O)N1CCCc2ncc(Br)n21. The number of thioether (sulfide) groups is 1. The molecular weight excluding hydrogens is 374 g/mol.